The second kappa shape index (κ2) is 9.90. The zero-order chi connectivity index (χ0) is 29.0. The largest absolute Gasteiger partial charge is 0.256 e. The lowest BCUT2D eigenvalue weighted by Gasteiger charge is -2.19. The molecule has 9 rings (SSSR count). The molecule has 0 N–H and O–H groups in total. The van der Waals surface area contributed by atoms with Gasteiger partial charge in [-0.3, -0.25) is 4.98 Å². The minimum Gasteiger partial charge on any atom is -0.256 e. The summed E-state index contributed by atoms with van der Waals surface area (Å²) in [5.41, 5.74) is 8.33. The maximum absolute atomic E-state index is 5.00. The van der Waals surface area contributed by atoms with Gasteiger partial charge in [0.1, 0.15) is 0 Å². The molecule has 0 fully saturated rings. The van der Waals surface area contributed by atoms with Gasteiger partial charge in [0.15, 0.2) is 0 Å². The number of benzene rings is 8. The highest BCUT2D eigenvalue weighted by molar-refractivity contribution is 6.27. The van der Waals surface area contributed by atoms with Crippen LogP contribution in [0.5, 0.6) is 0 Å². The van der Waals surface area contributed by atoms with E-state index in [1.807, 2.05) is 0 Å². The summed E-state index contributed by atoms with van der Waals surface area (Å²) in [5, 5.41) is 11.1. The first-order valence-corrected chi connectivity index (χ1v) is 15.1. The highest BCUT2D eigenvalue weighted by Gasteiger charge is 2.19. The standard InChI is InChI=1S/C43H27N/c1-3-12-30-24-33(22-20-28(30)10-1)32-14-9-15-34(26-32)41-36-16-5-6-17-37(36)42(35-23-21-29-11-2-4-13-31(29)25-35)43-38-18-7-8-19-40(38)44-27-39(41)43/h1-27H. The molecule has 0 aliphatic heterocycles. The fourth-order valence-corrected chi connectivity index (χ4v) is 6.98. The third-order valence-corrected chi connectivity index (χ3v) is 9.03. The SMILES string of the molecule is c1cc(-c2ccc3ccccc3c2)cc(-c2c3ccccc3c(-c3ccc4ccccc4c3)c3c2cnc2ccccc23)c1. The van der Waals surface area contributed by atoms with Gasteiger partial charge in [-0.25, -0.2) is 0 Å². The molecular weight excluding hydrogens is 530 g/mol. The minimum absolute atomic E-state index is 1.01. The summed E-state index contributed by atoms with van der Waals surface area (Å²) in [6.07, 6.45) is 2.09. The molecule has 44 heavy (non-hydrogen) atoms. The Morgan fingerprint density at radius 2 is 0.841 bits per heavy atom. The third kappa shape index (κ3) is 3.91. The van der Waals surface area contributed by atoms with Gasteiger partial charge < -0.3 is 0 Å². The van der Waals surface area contributed by atoms with Crippen molar-refractivity contribution in [2.24, 2.45) is 0 Å². The summed E-state index contributed by atoms with van der Waals surface area (Å²) in [4.78, 5) is 5.00. The fourth-order valence-electron chi connectivity index (χ4n) is 6.98. The fraction of sp³-hybridized carbons (Fsp3) is 0. The lowest BCUT2D eigenvalue weighted by Crippen LogP contribution is -1.93. The number of para-hydroxylation sites is 1. The molecule has 0 radical (unpaired) electrons. The first-order valence-electron chi connectivity index (χ1n) is 15.1. The van der Waals surface area contributed by atoms with Gasteiger partial charge in [0.25, 0.3) is 0 Å². The van der Waals surface area contributed by atoms with Crippen LogP contribution in [0.15, 0.2) is 164 Å². The molecular formula is C43H27N. The Kier molecular flexibility index (Phi) is 5.57. The predicted octanol–water partition coefficient (Wildman–Crippen LogP) is 11.8. The number of hydrogen-bond acceptors (Lipinski definition) is 1. The highest BCUT2D eigenvalue weighted by atomic mass is 14.6. The van der Waals surface area contributed by atoms with Crippen molar-refractivity contribution in [2.45, 2.75) is 0 Å². The van der Waals surface area contributed by atoms with Crippen molar-refractivity contribution in [3.8, 4) is 33.4 Å². The summed E-state index contributed by atoms with van der Waals surface area (Å²) in [6.45, 7) is 0. The Morgan fingerprint density at radius 1 is 0.318 bits per heavy atom. The third-order valence-electron chi connectivity index (χ3n) is 9.03. The van der Waals surface area contributed by atoms with E-state index in [0.29, 0.717) is 0 Å². The van der Waals surface area contributed by atoms with Crippen LogP contribution in [0.1, 0.15) is 0 Å². The summed E-state index contributed by atoms with van der Waals surface area (Å²) in [6, 6.07) is 57.2. The second-order valence-corrected chi connectivity index (χ2v) is 11.6. The number of pyridine rings is 1. The van der Waals surface area contributed by atoms with E-state index in [0.717, 1.165) is 5.52 Å². The second-order valence-electron chi connectivity index (χ2n) is 11.6. The maximum atomic E-state index is 5.00. The summed E-state index contributed by atoms with van der Waals surface area (Å²) >= 11 is 0. The average molecular weight is 558 g/mol. The van der Waals surface area contributed by atoms with Gasteiger partial charge in [0.2, 0.25) is 0 Å². The molecule has 0 amide bonds. The quantitative estimate of drug-likeness (QED) is 0.155. The van der Waals surface area contributed by atoms with Crippen LogP contribution in [0.4, 0.5) is 0 Å². The Labute approximate surface area is 255 Å². The molecule has 204 valence electrons. The Hall–Kier alpha value is -5.79. The van der Waals surface area contributed by atoms with Crippen molar-refractivity contribution in [1.82, 2.24) is 4.98 Å². The molecule has 1 nitrogen and oxygen atoms in total. The highest BCUT2D eigenvalue weighted by Crippen LogP contribution is 2.46. The van der Waals surface area contributed by atoms with E-state index >= 15 is 0 Å². The number of rotatable bonds is 3. The molecule has 9 aromatic rings. The molecule has 0 spiro atoms. The Morgan fingerprint density at radius 3 is 1.59 bits per heavy atom. The van der Waals surface area contributed by atoms with Crippen LogP contribution in [0, 0.1) is 0 Å². The molecule has 0 atom stereocenters. The number of nitrogens with zero attached hydrogens (tertiary/aromatic N) is 1. The van der Waals surface area contributed by atoms with Crippen LogP contribution in [-0.2, 0) is 0 Å². The normalized spacial score (nSPS) is 11.6. The first-order chi connectivity index (χ1) is 21.8. The lowest BCUT2D eigenvalue weighted by molar-refractivity contribution is 1.45. The molecule has 8 aromatic carbocycles. The van der Waals surface area contributed by atoms with Crippen LogP contribution in [0.25, 0.3) is 87.4 Å². The van der Waals surface area contributed by atoms with Crippen molar-refractivity contribution in [2.75, 3.05) is 0 Å². The number of aromatic nitrogens is 1. The van der Waals surface area contributed by atoms with E-state index in [1.54, 1.807) is 0 Å². The van der Waals surface area contributed by atoms with Crippen molar-refractivity contribution >= 4 is 54.0 Å². The van der Waals surface area contributed by atoms with Crippen LogP contribution in [-0.4, -0.2) is 4.98 Å². The topological polar surface area (TPSA) is 12.9 Å². The molecule has 0 saturated heterocycles. The van der Waals surface area contributed by atoms with Gasteiger partial charge in [0.05, 0.1) is 5.52 Å². The molecule has 0 bridgehead atoms. The smallest absolute Gasteiger partial charge is 0.0708 e. The summed E-state index contributed by atoms with van der Waals surface area (Å²) < 4.78 is 0. The van der Waals surface area contributed by atoms with E-state index in [9.17, 15) is 0 Å². The predicted molar refractivity (Wildman–Crippen MR) is 188 cm³/mol. The molecule has 1 heterocycles. The first kappa shape index (κ1) is 24.8. The summed E-state index contributed by atoms with van der Waals surface area (Å²) in [5.74, 6) is 0. The number of fused-ring (bicyclic) bond motifs is 6. The van der Waals surface area contributed by atoms with Crippen LogP contribution < -0.4 is 0 Å². The van der Waals surface area contributed by atoms with Crippen molar-refractivity contribution < 1.29 is 0 Å². The van der Waals surface area contributed by atoms with Crippen molar-refractivity contribution in [3.63, 3.8) is 0 Å². The monoisotopic (exact) mass is 557 g/mol. The zero-order valence-corrected chi connectivity index (χ0v) is 24.0. The van der Waals surface area contributed by atoms with Gasteiger partial charge in [0, 0.05) is 22.4 Å². The van der Waals surface area contributed by atoms with Crippen LogP contribution >= 0.6 is 0 Å². The van der Waals surface area contributed by atoms with Crippen LogP contribution in [0.2, 0.25) is 0 Å². The maximum Gasteiger partial charge on any atom is 0.0708 e. The zero-order valence-electron chi connectivity index (χ0n) is 24.0. The molecule has 0 saturated carbocycles. The van der Waals surface area contributed by atoms with Gasteiger partial charge >= 0.3 is 0 Å². The van der Waals surface area contributed by atoms with E-state index in [1.165, 1.54) is 81.9 Å². The van der Waals surface area contributed by atoms with E-state index in [2.05, 4.69) is 164 Å². The van der Waals surface area contributed by atoms with E-state index < -0.39 is 0 Å². The van der Waals surface area contributed by atoms with Crippen molar-refractivity contribution in [1.29, 1.82) is 0 Å². The molecule has 0 unspecified atom stereocenters. The number of hydrogen-bond donors (Lipinski definition) is 0. The van der Waals surface area contributed by atoms with Gasteiger partial charge in [-0.05, 0) is 90.0 Å². The summed E-state index contributed by atoms with van der Waals surface area (Å²) in [7, 11) is 0. The minimum atomic E-state index is 1.01. The van der Waals surface area contributed by atoms with E-state index in [4.69, 9.17) is 4.98 Å². The molecule has 1 aromatic heterocycles. The molecule has 1 heteroatoms. The van der Waals surface area contributed by atoms with Gasteiger partial charge in [-0.1, -0.05) is 133 Å². The van der Waals surface area contributed by atoms with Gasteiger partial charge in [-0.2, -0.15) is 0 Å². The lowest BCUT2D eigenvalue weighted by atomic mass is 9.84. The average Bonchev–Trinajstić information content (AvgIpc) is 3.10. The van der Waals surface area contributed by atoms with Gasteiger partial charge in [-0.15, -0.1) is 0 Å². The molecule has 0 aliphatic rings. The Bertz CT molecular complexity index is 2560. The van der Waals surface area contributed by atoms with Crippen LogP contribution in [0.3, 0.4) is 0 Å². The Balaban J connectivity index is 1.38. The molecule has 0 aliphatic carbocycles. The van der Waals surface area contributed by atoms with E-state index in [-0.39, 0.29) is 0 Å². The van der Waals surface area contributed by atoms with Crippen molar-refractivity contribution in [3.05, 3.63) is 164 Å².